The van der Waals surface area contributed by atoms with Gasteiger partial charge < -0.3 is 25.8 Å². The number of aliphatic hydroxyl groups is 3. The van der Waals surface area contributed by atoms with Gasteiger partial charge in [0.15, 0.2) is 6.23 Å². The average Bonchev–Trinajstić information content (AvgIpc) is 3.04. The van der Waals surface area contributed by atoms with Gasteiger partial charge in [0, 0.05) is 6.20 Å². The molecule has 4 heterocycles. The highest BCUT2D eigenvalue weighted by molar-refractivity contribution is 6.09. The first-order chi connectivity index (χ1) is 11.1. The maximum Gasteiger partial charge on any atom is 0.166 e. The molecule has 23 heavy (non-hydrogen) atoms. The van der Waals surface area contributed by atoms with E-state index in [4.69, 9.17) is 10.5 Å². The molecular formula is C13H14N6O4. The van der Waals surface area contributed by atoms with E-state index in [9.17, 15) is 15.3 Å². The number of nitrogens with zero attached hydrogens (tertiary/aromatic N) is 5. The number of anilines is 1. The standard InChI is InChI=1S/C13H14N6O4/c14-10-7-5-1-15-3-17-11(5)19(12(7)18-4-16-10)13-9(22)8(21)6(2-20)23-13/h1,3-4,6,8-9,13,20-22H,2H2,(H2,14,16,18)/t6-,8+,9+,13-/m0/s1. The minimum Gasteiger partial charge on any atom is -0.394 e. The molecule has 1 aliphatic heterocycles. The fraction of sp³-hybridized carbons (Fsp3) is 0.385. The Balaban J connectivity index is 2.01. The van der Waals surface area contributed by atoms with E-state index in [2.05, 4.69) is 19.9 Å². The first kappa shape index (κ1) is 14.2. The molecule has 0 aromatic carbocycles. The van der Waals surface area contributed by atoms with E-state index < -0.39 is 31.1 Å². The minimum absolute atomic E-state index is 0.250. The molecule has 0 aliphatic carbocycles. The predicted octanol–water partition coefficient (Wildman–Crippen LogP) is -1.43. The lowest BCUT2D eigenvalue weighted by Crippen LogP contribution is -2.33. The van der Waals surface area contributed by atoms with Crippen LogP contribution in [0.25, 0.3) is 22.1 Å². The second kappa shape index (κ2) is 5.06. The van der Waals surface area contributed by atoms with Crippen molar-refractivity contribution in [3.8, 4) is 0 Å². The van der Waals surface area contributed by atoms with Crippen LogP contribution in [0.1, 0.15) is 6.23 Å². The molecular weight excluding hydrogens is 304 g/mol. The Bertz CT molecular complexity index is 883. The second-order valence-electron chi connectivity index (χ2n) is 5.32. The number of hydrogen-bond donors (Lipinski definition) is 4. The summed E-state index contributed by atoms with van der Waals surface area (Å²) in [4.78, 5) is 16.4. The second-order valence-corrected chi connectivity index (χ2v) is 5.32. The van der Waals surface area contributed by atoms with Gasteiger partial charge in [-0.3, -0.25) is 4.57 Å². The third-order valence-corrected chi connectivity index (χ3v) is 4.05. The summed E-state index contributed by atoms with van der Waals surface area (Å²) in [6, 6.07) is 0. The maximum absolute atomic E-state index is 10.3. The predicted molar refractivity (Wildman–Crippen MR) is 78.0 cm³/mol. The Morgan fingerprint density at radius 3 is 2.65 bits per heavy atom. The maximum atomic E-state index is 10.3. The number of nitrogens with two attached hydrogens (primary N) is 1. The molecule has 10 heteroatoms. The van der Waals surface area contributed by atoms with E-state index in [0.717, 1.165) is 0 Å². The zero-order valence-electron chi connectivity index (χ0n) is 11.8. The van der Waals surface area contributed by atoms with Gasteiger partial charge in [0.1, 0.15) is 48.1 Å². The Kier molecular flexibility index (Phi) is 3.13. The van der Waals surface area contributed by atoms with Crippen molar-refractivity contribution in [2.24, 2.45) is 0 Å². The number of rotatable bonds is 2. The number of fused-ring (bicyclic) bond motifs is 3. The van der Waals surface area contributed by atoms with Crippen molar-refractivity contribution in [3.05, 3.63) is 18.9 Å². The van der Waals surface area contributed by atoms with Crippen LogP contribution < -0.4 is 5.73 Å². The molecule has 3 aromatic rings. The summed E-state index contributed by atoms with van der Waals surface area (Å²) in [6.07, 6.45) is -0.127. The SMILES string of the molecule is Nc1ncnc2c1c1cncnc1n2[C@H]1O[C@@H](CO)[C@@H](O)[C@H]1O. The number of nitrogen functional groups attached to an aromatic ring is 1. The summed E-state index contributed by atoms with van der Waals surface area (Å²) in [7, 11) is 0. The largest absolute Gasteiger partial charge is 0.394 e. The van der Waals surface area contributed by atoms with Crippen LogP contribution in [0.4, 0.5) is 5.82 Å². The van der Waals surface area contributed by atoms with Crippen LogP contribution in [0, 0.1) is 0 Å². The van der Waals surface area contributed by atoms with E-state index in [0.29, 0.717) is 22.1 Å². The zero-order chi connectivity index (χ0) is 16.1. The van der Waals surface area contributed by atoms with Crippen LogP contribution in [0.2, 0.25) is 0 Å². The van der Waals surface area contributed by atoms with E-state index in [1.54, 1.807) is 6.20 Å². The van der Waals surface area contributed by atoms with Crippen LogP contribution in [-0.4, -0.2) is 64.7 Å². The van der Waals surface area contributed by atoms with Crippen molar-refractivity contribution >= 4 is 27.9 Å². The summed E-state index contributed by atoms with van der Waals surface area (Å²) in [6.45, 7) is -0.419. The number of ether oxygens (including phenoxy) is 1. The molecule has 0 bridgehead atoms. The smallest absolute Gasteiger partial charge is 0.166 e. The van der Waals surface area contributed by atoms with Crippen LogP contribution in [0.5, 0.6) is 0 Å². The monoisotopic (exact) mass is 318 g/mol. The van der Waals surface area contributed by atoms with Crippen LogP contribution in [-0.2, 0) is 4.74 Å². The van der Waals surface area contributed by atoms with Crippen molar-refractivity contribution in [2.75, 3.05) is 12.3 Å². The van der Waals surface area contributed by atoms with Gasteiger partial charge in [-0.25, -0.2) is 19.9 Å². The summed E-state index contributed by atoms with van der Waals surface area (Å²) in [5.74, 6) is 0.250. The van der Waals surface area contributed by atoms with Crippen LogP contribution in [0.15, 0.2) is 18.9 Å². The van der Waals surface area contributed by atoms with Crippen molar-refractivity contribution < 1.29 is 20.1 Å². The van der Waals surface area contributed by atoms with E-state index in [1.807, 2.05) is 0 Å². The van der Waals surface area contributed by atoms with E-state index in [1.165, 1.54) is 17.2 Å². The highest BCUT2D eigenvalue weighted by Gasteiger charge is 2.44. The van der Waals surface area contributed by atoms with Gasteiger partial charge in [0.2, 0.25) is 0 Å². The molecule has 0 saturated carbocycles. The molecule has 1 saturated heterocycles. The first-order valence-electron chi connectivity index (χ1n) is 6.96. The summed E-state index contributed by atoms with van der Waals surface area (Å²) < 4.78 is 7.12. The molecule has 0 unspecified atom stereocenters. The fourth-order valence-electron chi connectivity index (χ4n) is 2.96. The molecule has 10 nitrogen and oxygen atoms in total. The molecule has 0 spiro atoms. The van der Waals surface area contributed by atoms with Gasteiger partial charge in [-0.05, 0) is 0 Å². The van der Waals surface area contributed by atoms with E-state index >= 15 is 0 Å². The number of aromatic nitrogens is 5. The highest BCUT2D eigenvalue weighted by Crippen LogP contribution is 2.37. The Morgan fingerprint density at radius 2 is 1.91 bits per heavy atom. The van der Waals surface area contributed by atoms with Crippen molar-refractivity contribution in [1.82, 2.24) is 24.5 Å². The van der Waals surface area contributed by atoms with Gasteiger partial charge in [-0.1, -0.05) is 0 Å². The van der Waals surface area contributed by atoms with Gasteiger partial charge >= 0.3 is 0 Å². The lowest BCUT2D eigenvalue weighted by molar-refractivity contribution is -0.0492. The van der Waals surface area contributed by atoms with Crippen LogP contribution in [0.3, 0.4) is 0 Å². The topological polar surface area (TPSA) is 152 Å². The Hall–Kier alpha value is -2.40. The van der Waals surface area contributed by atoms with Crippen molar-refractivity contribution in [2.45, 2.75) is 24.5 Å². The highest BCUT2D eigenvalue weighted by atomic mass is 16.6. The lowest BCUT2D eigenvalue weighted by Gasteiger charge is -2.17. The summed E-state index contributed by atoms with van der Waals surface area (Å²) in [5, 5.41) is 30.7. The zero-order valence-corrected chi connectivity index (χ0v) is 11.8. The van der Waals surface area contributed by atoms with Gasteiger partial charge in [0.25, 0.3) is 0 Å². The molecule has 3 aromatic heterocycles. The van der Waals surface area contributed by atoms with E-state index in [-0.39, 0.29) is 5.82 Å². The van der Waals surface area contributed by atoms with Gasteiger partial charge in [-0.2, -0.15) is 0 Å². The quantitative estimate of drug-likeness (QED) is 0.445. The normalized spacial score (nSPS) is 28.0. The molecule has 0 amide bonds. The number of aliphatic hydroxyl groups excluding tert-OH is 3. The average molecular weight is 318 g/mol. The third kappa shape index (κ3) is 1.90. The Morgan fingerprint density at radius 1 is 1.13 bits per heavy atom. The molecule has 4 atom stereocenters. The molecule has 1 aliphatic rings. The fourth-order valence-corrected chi connectivity index (χ4v) is 2.96. The third-order valence-electron chi connectivity index (χ3n) is 4.05. The van der Waals surface area contributed by atoms with Crippen LogP contribution >= 0.6 is 0 Å². The Labute approximate surface area is 129 Å². The molecule has 120 valence electrons. The molecule has 1 fully saturated rings. The summed E-state index contributed by atoms with van der Waals surface area (Å²) >= 11 is 0. The van der Waals surface area contributed by atoms with Gasteiger partial charge in [0.05, 0.1) is 17.4 Å². The first-order valence-corrected chi connectivity index (χ1v) is 6.96. The molecule has 4 rings (SSSR count). The van der Waals surface area contributed by atoms with Gasteiger partial charge in [-0.15, -0.1) is 0 Å². The van der Waals surface area contributed by atoms with Crippen molar-refractivity contribution in [3.63, 3.8) is 0 Å². The lowest BCUT2D eigenvalue weighted by atomic mass is 10.1. The molecule has 0 radical (unpaired) electrons. The molecule has 5 N–H and O–H groups in total. The number of hydrogen-bond acceptors (Lipinski definition) is 9. The minimum atomic E-state index is -1.25. The van der Waals surface area contributed by atoms with Crippen molar-refractivity contribution in [1.29, 1.82) is 0 Å². The summed E-state index contributed by atoms with van der Waals surface area (Å²) in [5.41, 5.74) is 6.78.